The van der Waals surface area contributed by atoms with E-state index in [1.165, 1.54) is 11.8 Å². The van der Waals surface area contributed by atoms with Crippen molar-refractivity contribution in [3.05, 3.63) is 119 Å². The highest BCUT2D eigenvalue weighted by Gasteiger charge is 2.32. The Labute approximate surface area is 300 Å². The topological polar surface area (TPSA) is 167 Å². The van der Waals surface area contributed by atoms with Gasteiger partial charge < -0.3 is 30.9 Å². The highest BCUT2D eigenvalue weighted by atomic mass is 32.2. The number of aromatic nitrogens is 4. The average Bonchev–Trinajstić information content (AvgIpc) is 3.58. The number of para-hydroxylation sites is 2. The Morgan fingerprint density at radius 1 is 0.902 bits per heavy atom. The fraction of sp³-hybridized carbons (Fsp3) is 0.289. The number of amides is 2. The van der Waals surface area contributed by atoms with Crippen LogP contribution in [0.2, 0.25) is 0 Å². The molecule has 51 heavy (non-hydrogen) atoms. The van der Waals surface area contributed by atoms with Gasteiger partial charge in [-0.2, -0.15) is 0 Å². The van der Waals surface area contributed by atoms with Crippen LogP contribution in [0, 0.1) is 0 Å². The predicted octanol–water partition coefficient (Wildman–Crippen LogP) is 5.71. The highest BCUT2D eigenvalue weighted by Crippen LogP contribution is 2.40. The van der Waals surface area contributed by atoms with Crippen LogP contribution in [0.1, 0.15) is 60.3 Å². The Hall–Kier alpha value is -5.08. The van der Waals surface area contributed by atoms with Crippen LogP contribution >= 0.6 is 11.8 Å². The zero-order valence-electron chi connectivity index (χ0n) is 28.3. The third-order valence-electron chi connectivity index (χ3n) is 8.55. The number of nitrogens with zero attached hydrogens (tertiary/aromatic N) is 4. The van der Waals surface area contributed by atoms with Crippen molar-refractivity contribution >= 4 is 35.0 Å². The first kappa shape index (κ1) is 35.7. The molecule has 1 aromatic heterocycles. The number of anilines is 2. The summed E-state index contributed by atoms with van der Waals surface area (Å²) in [6.07, 6.45) is 0.567. The van der Waals surface area contributed by atoms with E-state index < -0.39 is 6.29 Å². The number of carbonyl (C=O) groups is 2. The van der Waals surface area contributed by atoms with Gasteiger partial charge in [-0.15, -0.1) is 5.10 Å². The molecule has 1 aliphatic heterocycles. The van der Waals surface area contributed by atoms with E-state index in [4.69, 9.17) is 15.2 Å². The SMILES string of the molecule is Cn1nnnc1SC[C@@H]1C[C@H](c2ccc(CO)cc2)O[C@H](c2cccc(-c3cccc(CNC(=O)CCCC(=O)Nc4ccccc4N)c3)c2)O1. The minimum absolute atomic E-state index is 0.0187. The summed E-state index contributed by atoms with van der Waals surface area (Å²) in [7, 11) is 1.81. The number of benzene rings is 4. The van der Waals surface area contributed by atoms with Gasteiger partial charge in [-0.1, -0.05) is 84.6 Å². The van der Waals surface area contributed by atoms with Gasteiger partial charge in [0.25, 0.3) is 0 Å². The molecular weight excluding hydrogens is 667 g/mol. The number of thioether (sulfide) groups is 1. The maximum atomic E-state index is 12.6. The standard InChI is InChI=1S/C38H41N7O5S/c1-45-38(42-43-44-45)51-24-31-21-34(27-17-15-25(23-46)16-18-27)50-37(49-31)30-10-5-9-29(20-30)28-8-4-7-26(19-28)22-40-35(47)13-6-14-36(48)41-33-12-3-2-11-32(33)39/h2-5,7-12,15-20,31,34,37,46H,6,13-14,21-24,39H2,1H3,(H,40,47)(H,41,48)/t31-,34+,37+/m0/s1. The molecule has 3 atom stereocenters. The molecular formula is C38H41N7O5S. The van der Waals surface area contributed by atoms with Gasteiger partial charge in [-0.05, 0) is 68.9 Å². The van der Waals surface area contributed by atoms with Gasteiger partial charge in [0.2, 0.25) is 17.0 Å². The molecule has 0 saturated carbocycles. The Kier molecular flexibility index (Phi) is 12.1. The van der Waals surface area contributed by atoms with E-state index >= 15 is 0 Å². The number of hydrogen-bond donors (Lipinski definition) is 4. The molecule has 1 fully saturated rings. The first-order chi connectivity index (χ1) is 24.8. The molecule has 0 radical (unpaired) electrons. The van der Waals surface area contributed by atoms with Crippen molar-refractivity contribution in [3.63, 3.8) is 0 Å². The monoisotopic (exact) mass is 707 g/mol. The number of aryl methyl sites for hydroxylation is 1. The van der Waals surface area contributed by atoms with E-state index in [2.05, 4.69) is 38.3 Å². The lowest BCUT2D eigenvalue weighted by atomic mass is 9.99. The summed E-state index contributed by atoms with van der Waals surface area (Å²) in [5, 5.41) is 27.8. The number of aliphatic hydroxyl groups is 1. The van der Waals surface area contributed by atoms with E-state index in [9.17, 15) is 14.7 Å². The molecule has 5 N–H and O–H groups in total. The van der Waals surface area contributed by atoms with Crippen molar-refractivity contribution in [3.8, 4) is 11.1 Å². The normalized spacial score (nSPS) is 17.2. The summed E-state index contributed by atoms with van der Waals surface area (Å²) in [5.74, 6) is 0.341. The van der Waals surface area contributed by atoms with Gasteiger partial charge in [0.15, 0.2) is 6.29 Å². The van der Waals surface area contributed by atoms with Crippen LogP contribution in [0.25, 0.3) is 11.1 Å². The zero-order valence-corrected chi connectivity index (χ0v) is 29.1. The van der Waals surface area contributed by atoms with Crippen LogP contribution in [0.4, 0.5) is 11.4 Å². The number of tetrazole rings is 1. The first-order valence-corrected chi connectivity index (χ1v) is 17.8. The molecule has 5 aromatic rings. The number of rotatable bonds is 14. The van der Waals surface area contributed by atoms with Crippen molar-refractivity contribution in [2.45, 2.75) is 62.5 Å². The van der Waals surface area contributed by atoms with Gasteiger partial charge >= 0.3 is 0 Å². The third-order valence-corrected chi connectivity index (χ3v) is 9.69. The maximum Gasteiger partial charge on any atom is 0.224 e. The van der Waals surface area contributed by atoms with Crippen molar-refractivity contribution < 1.29 is 24.2 Å². The fourth-order valence-corrected chi connectivity index (χ4v) is 6.65. The van der Waals surface area contributed by atoms with E-state index in [1.54, 1.807) is 28.9 Å². The summed E-state index contributed by atoms with van der Waals surface area (Å²) in [6, 6.07) is 31.0. The molecule has 13 heteroatoms. The molecule has 0 unspecified atom stereocenters. The number of nitrogen functional groups attached to an aromatic ring is 1. The zero-order chi connectivity index (χ0) is 35.6. The van der Waals surface area contributed by atoms with Gasteiger partial charge in [-0.25, -0.2) is 4.68 Å². The van der Waals surface area contributed by atoms with E-state index in [-0.39, 0.29) is 43.5 Å². The van der Waals surface area contributed by atoms with E-state index in [0.29, 0.717) is 41.7 Å². The minimum atomic E-state index is -0.612. The van der Waals surface area contributed by atoms with Crippen molar-refractivity contribution in [2.24, 2.45) is 7.05 Å². The Balaban J connectivity index is 1.07. The van der Waals surface area contributed by atoms with E-state index in [1.807, 2.05) is 67.7 Å². The van der Waals surface area contributed by atoms with Crippen LogP contribution in [0.15, 0.2) is 102 Å². The number of carbonyl (C=O) groups excluding carboxylic acids is 2. The summed E-state index contributed by atoms with van der Waals surface area (Å²) in [4.78, 5) is 24.9. The van der Waals surface area contributed by atoms with Crippen LogP contribution in [-0.2, 0) is 39.3 Å². The molecule has 0 spiro atoms. The largest absolute Gasteiger partial charge is 0.397 e. The lowest BCUT2D eigenvalue weighted by Crippen LogP contribution is -2.31. The average molecular weight is 708 g/mol. The molecule has 2 amide bonds. The molecule has 1 aliphatic rings. The first-order valence-electron chi connectivity index (χ1n) is 16.8. The van der Waals surface area contributed by atoms with Gasteiger partial charge in [0.1, 0.15) is 0 Å². The van der Waals surface area contributed by atoms with Gasteiger partial charge in [0.05, 0.1) is 30.2 Å². The summed E-state index contributed by atoms with van der Waals surface area (Å²) >= 11 is 1.54. The van der Waals surface area contributed by atoms with Crippen LogP contribution in [0.5, 0.6) is 0 Å². The predicted molar refractivity (Wildman–Crippen MR) is 195 cm³/mol. The van der Waals surface area contributed by atoms with Crippen molar-refractivity contribution in [1.82, 2.24) is 25.5 Å². The number of ether oxygens (including phenoxy) is 2. The second kappa shape index (κ2) is 17.2. The van der Waals surface area contributed by atoms with Crippen LogP contribution in [0.3, 0.4) is 0 Å². The van der Waals surface area contributed by atoms with Gasteiger partial charge in [0, 0.05) is 44.2 Å². The van der Waals surface area contributed by atoms with Crippen molar-refractivity contribution in [2.75, 3.05) is 16.8 Å². The van der Waals surface area contributed by atoms with Crippen molar-refractivity contribution in [1.29, 1.82) is 0 Å². The molecule has 264 valence electrons. The lowest BCUT2D eigenvalue weighted by molar-refractivity contribution is -0.245. The number of nitrogens with one attached hydrogen (secondary N) is 2. The second-order valence-electron chi connectivity index (χ2n) is 12.3. The summed E-state index contributed by atoms with van der Waals surface area (Å²) < 4.78 is 14.7. The van der Waals surface area contributed by atoms with Gasteiger partial charge in [-0.3, -0.25) is 9.59 Å². The fourth-order valence-electron chi connectivity index (χ4n) is 5.78. The number of nitrogens with two attached hydrogens (primary N) is 1. The molecule has 0 bridgehead atoms. The Morgan fingerprint density at radius 3 is 2.43 bits per heavy atom. The summed E-state index contributed by atoms with van der Waals surface area (Å²) in [5.41, 5.74) is 12.6. The molecule has 1 saturated heterocycles. The molecule has 4 aromatic carbocycles. The van der Waals surface area contributed by atoms with Crippen LogP contribution < -0.4 is 16.4 Å². The van der Waals surface area contributed by atoms with Crippen LogP contribution in [-0.4, -0.2) is 49.0 Å². The third kappa shape index (κ3) is 9.79. The summed E-state index contributed by atoms with van der Waals surface area (Å²) in [6.45, 7) is 0.347. The maximum absolute atomic E-state index is 12.6. The Bertz CT molecular complexity index is 1940. The quantitative estimate of drug-likeness (QED) is 0.0829. The number of aliphatic hydroxyl groups excluding tert-OH is 1. The smallest absolute Gasteiger partial charge is 0.224 e. The molecule has 2 heterocycles. The molecule has 0 aliphatic carbocycles. The second-order valence-corrected chi connectivity index (χ2v) is 13.3. The Morgan fingerprint density at radius 2 is 1.67 bits per heavy atom. The molecule has 6 rings (SSSR count). The number of hydrogen-bond acceptors (Lipinski definition) is 10. The highest BCUT2D eigenvalue weighted by molar-refractivity contribution is 7.99. The molecule has 12 nitrogen and oxygen atoms in total. The minimum Gasteiger partial charge on any atom is -0.397 e. The van der Waals surface area contributed by atoms with E-state index in [0.717, 1.165) is 33.4 Å². The lowest BCUT2D eigenvalue weighted by Gasteiger charge is -2.36.